The normalized spacial score (nSPS) is 14.1. The Labute approximate surface area is 80.9 Å². The monoisotopic (exact) mass is 214 g/mol. The van der Waals surface area contributed by atoms with Gasteiger partial charge in [-0.2, -0.15) is 0 Å². The third-order valence-corrected chi connectivity index (χ3v) is 5.40. The van der Waals surface area contributed by atoms with Crippen LogP contribution in [0.4, 0.5) is 0 Å². The van der Waals surface area contributed by atoms with Crippen LogP contribution in [0.1, 0.15) is 0 Å². The van der Waals surface area contributed by atoms with Gasteiger partial charge in [0.15, 0.2) is 8.32 Å². The summed E-state index contributed by atoms with van der Waals surface area (Å²) < 4.78 is 17.2. The molecule has 1 atom stereocenters. The first-order valence-electron chi connectivity index (χ1n) is 4.27. The van der Waals surface area contributed by atoms with Gasteiger partial charge in [0.25, 0.3) is 0 Å². The van der Waals surface area contributed by atoms with Gasteiger partial charge in [0.05, 0.1) is 0 Å². The second-order valence-electron chi connectivity index (χ2n) is 3.87. The molecule has 1 unspecified atom stereocenters. The van der Waals surface area contributed by atoms with Gasteiger partial charge < -0.3 is 4.21 Å². The Morgan fingerprint density at radius 3 is 2.15 bits per heavy atom. The fraction of sp³-hybridized carbons (Fsp3) is 0.333. The topological polar surface area (TPSA) is 26.3 Å². The number of hydrogen-bond donors (Lipinski definition) is 0. The van der Waals surface area contributed by atoms with Crippen molar-refractivity contribution >= 4 is 21.6 Å². The lowest BCUT2D eigenvalue weighted by atomic mass is 10.4. The van der Waals surface area contributed by atoms with E-state index in [4.69, 9.17) is 4.21 Å². The van der Waals surface area contributed by atoms with Crippen molar-refractivity contribution in [3.63, 3.8) is 0 Å². The molecule has 0 spiro atoms. The van der Waals surface area contributed by atoms with Gasteiger partial charge in [0, 0.05) is 5.30 Å². The summed E-state index contributed by atoms with van der Waals surface area (Å²) in [6, 6.07) is 9.37. The van der Waals surface area contributed by atoms with Crippen LogP contribution in [0.3, 0.4) is 0 Å². The molecule has 0 aromatic heterocycles. The molecule has 0 aliphatic heterocycles. The summed E-state index contributed by atoms with van der Waals surface area (Å²) in [6.07, 6.45) is 0. The van der Waals surface area contributed by atoms with E-state index in [0.29, 0.717) is 0 Å². The minimum atomic E-state index is -2.01. The summed E-state index contributed by atoms with van der Waals surface area (Å²) in [5, 5.41) is 0.815. The molecular weight excluding hydrogens is 199 g/mol. The molecule has 0 radical (unpaired) electrons. The zero-order chi connectivity index (χ0) is 9.90. The van der Waals surface area contributed by atoms with E-state index in [1.807, 2.05) is 50.0 Å². The first-order valence-corrected chi connectivity index (χ1v) is 9.00. The van der Waals surface area contributed by atoms with Gasteiger partial charge in [-0.05, 0) is 31.8 Å². The molecule has 0 fully saturated rings. The van der Waals surface area contributed by atoms with Gasteiger partial charge in [-0.25, -0.2) is 0 Å². The smallest absolute Gasteiger partial charge is 0.211 e. The molecule has 0 aliphatic carbocycles. The molecule has 0 aliphatic rings. The number of hydrogen-bond acceptors (Lipinski definition) is 2. The molecular formula is C9H15O2PSi. The molecule has 0 heterocycles. The first-order chi connectivity index (χ1) is 5.99. The highest BCUT2D eigenvalue weighted by molar-refractivity contribution is 7.50. The molecule has 1 aromatic rings. The maximum Gasteiger partial charge on any atom is 0.211 e. The Balaban J connectivity index is 2.71. The summed E-state index contributed by atoms with van der Waals surface area (Å²) in [5.41, 5.74) is 0. The zero-order valence-corrected chi connectivity index (χ0v) is 10.2. The van der Waals surface area contributed by atoms with Crippen molar-refractivity contribution in [2.24, 2.45) is 0 Å². The lowest BCUT2D eigenvalue weighted by Crippen LogP contribution is -2.22. The van der Waals surface area contributed by atoms with Crippen LogP contribution in [0, 0.1) is 0 Å². The largest absolute Gasteiger partial charge is 0.369 e. The fourth-order valence-electron chi connectivity index (χ4n) is 0.911. The van der Waals surface area contributed by atoms with E-state index in [0.717, 1.165) is 5.30 Å². The van der Waals surface area contributed by atoms with Gasteiger partial charge >= 0.3 is 0 Å². The summed E-state index contributed by atoms with van der Waals surface area (Å²) in [5.74, 6) is 0. The number of benzene rings is 1. The predicted octanol–water partition coefficient (Wildman–Crippen LogP) is 2.64. The summed E-state index contributed by atoms with van der Waals surface area (Å²) in [6.45, 7) is 6.12. The minimum absolute atomic E-state index is 0.815. The third kappa shape index (κ3) is 3.90. The summed E-state index contributed by atoms with van der Waals surface area (Å²) in [7, 11) is -3.68. The van der Waals surface area contributed by atoms with Crippen LogP contribution in [0.2, 0.25) is 19.6 Å². The Morgan fingerprint density at radius 1 is 1.15 bits per heavy atom. The Kier molecular flexibility index (Phi) is 3.48. The van der Waals surface area contributed by atoms with Crippen LogP contribution >= 0.6 is 8.03 Å². The molecule has 72 valence electrons. The van der Waals surface area contributed by atoms with Crippen LogP contribution < -0.4 is 5.30 Å². The fourth-order valence-corrected chi connectivity index (χ4v) is 4.07. The molecule has 2 nitrogen and oxygen atoms in total. The van der Waals surface area contributed by atoms with Crippen LogP contribution in [-0.4, -0.2) is 8.32 Å². The van der Waals surface area contributed by atoms with E-state index < -0.39 is 16.3 Å². The van der Waals surface area contributed by atoms with Gasteiger partial charge in [0.1, 0.15) is 0 Å². The standard InChI is InChI=1S/C9H15O2PSi/c1-13(2,3)11-12(10)9-7-5-4-6-8-9/h4-8,12H,1-3H3. The second-order valence-corrected chi connectivity index (χ2v) is 10.1. The van der Waals surface area contributed by atoms with E-state index in [1.54, 1.807) is 0 Å². The van der Waals surface area contributed by atoms with E-state index in [-0.39, 0.29) is 0 Å². The third-order valence-electron chi connectivity index (χ3n) is 1.41. The predicted molar refractivity (Wildman–Crippen MR) is 59.5 cm³/mol. The van der Waals surface area contributed by atoms with Crippen molar-refractivity contribution in [2.75, 3.05) is 0 Å². The van der Waals surface area contributed by atoms with E-state index in [1.165, 1.54) is 0 Å². The van der Waals surface area contributed by atoms with Gasteiger partial charge in [-0.15, -0.1) is 0 Å². The van der Waals surface area contributed by atoms with Crippen molar-refractivity contribution in [3.05, 3.63) is 30.3 Å². The highest BCUT2D eigenvalue weighted by Gasteiger charge is 2.18. The average Bonchev–Trinajstić information content (AvgIpc) is 2.03. The van der Waals surface area contributed by atoms with E-state index in [9.17, 15) is 4.57 Å². The molecule has 0 saturated heterocycles. The van der Waals surface area contributed by atoms with Crippen LogP contribution in [0.25, 0.3) is 0 Å². The molecule has 13 heavy (non-hydrogen) atoms. The Morgan fingerprint density at radius 2 is 1.69 bits per heavy atom. The minimum Gasteiger partial charge on any atom is -0.369 e. The highest BCUT2D eigenvalue weighted by atomic mass is 31.1. The van der Waals surface area contributed by atoms with Crippen LogP contribution in [0.15, 0.2) is 30.3 Å². The van der Waals surface area contributed by atoms with Crippen molar-refractivity contribution in [3.8, 4) is 0 Å². The molecule has 4 heteroatoms. The average molecular weight is 214 g/mol. The lowest BCUT2D eigenvalue weighted by Gasteiger charge is -2.16. The molecule has 0 saturated carbocycles. The van der Waals surface area contributed by atoms with Crippen LogP contribution in [-0.2, 0) is 8.78 Å². The van der Waals surface area contributed by atoms with Crippen molar-refractivity contribution in [1.82, 2.24) is 0 Å². The lowest BCUT2D eigenvalue weighted by molar-refractivity contribution is 0.514. The zero-order valence-electron chi connectivity index (χ0n) is 8.20. The molecule has 1 aromatic carbocycles. The summed E-state index contributed by atoms with van der Waals surface area (Å²) in [4.78, 5) is 0. The highest BCUT2D eigenvalue weighted by Crippen LogP contribution is 2.26. The maximum atomic E-state index is 11.7. The van der Waals surface area contributed by atoms with Crippen molar-refractivity contribution in [2.45, 2.75) is 19.6 Å². The molecule has 1 rings (SSSR count). The van der Waals surface area contributed by atoms with Crippen molar-refractivity contribution in [1.29, 1.82) is 0 Å². The first kappa shape index (κ1) is 10.7. The molecule has 0 bridgehead atoms. The molecule has 0 N–H and O–H groups in total. The maximum absolute atomic E-state index is 11.7. The van der Waals surface area contributed by atoms with Gasteiger partial charge in [0.2, 0.25) is 8.03 Å². The van der Waals surface area contributed by atoms with Gasteiger partial charge in [-0.3, -0.25) is 4.57 Å². The second kappa shape index (κ2) is 4.23. The van der Waals surface area contributed by atoms with Crippen molar-refractivity contribution < 1.29 is 8.78 Å². The number of rotatable bonds is 3. The Hall–Kier alpha value is -0.373. The summed E-state index contributed by atoms with van der Waals surface area (Å²) >= 11 is 0. The molecule has 0 amide bonds. The van der Waals surface area contributed by atoms with E-state index >= 15 is 0 Å². The Bertz CT molecular complexity index is 292. The SMILES string of the molecule is C[Si](C)(C)O[PH](=O)c1ccccc1. The quantitative estimate of drug-likeness (QED) is 0.571. The van der Waals surface area contributed by atoms with Gasteiger partial charge in [-0.1, -0.05) is 18.2 Å². The van der Waals surface area contributed by atoms with Crippen LogP contribution in [0.5, 0.6) is 0 Å². The van der Waals surface area contributed by atoms with E-state index in [2.05, 4.69) is 0 Å².